The fourth-order valence-electron chi connectivity index (χ4n) is 2.33. The fraction of sp³-hybridized carbons (Fsp3) is 0.438. The fourth-order valence-corrected chi connectivity index (χ4v) is 2.33. The Hall–Kier alpha value is -1.61. The highest BCUT2D eigenvalue weighted by atomic mass is 15.1. The maximum atomic E-state index is 4.19. The highest BCUT2D eigenvalue weighted by Gasteiger charge is 2.13. The molecule has 0 amide bonds. The van der Waals surface area contributed by atoms with Gasteiger partial charge in [-0.2, -0.15) is 0 Å². The summed E-state index contributed by atoms with van der Waals surface area (Å²) in [5, 5.41) is 3.37. The van der Waals surface area contributed by atoms with Gasteiger partial charge in [0.05, 0.1) is 18.1 Å². The van der Waals surface area contributed by atoms with Crippen molar-refractivity contribution in [1.82, 2.24) is 14.9 Å². The van der Waals surface area contributed by atoms with Crippen molar-refractivity contribution in [3.05, 3.63) is 53.6 Å². The molecule has 0 fully saturated rings. The summed E-state index contributed by atoms with van der Waals surface area (Å²) in [4.78, 5) is 4.19. The van der Waals surface area contributed by atoms with Crippen LogP contribution < -0.4 is 5.32 Å². The lowest BCUT2D eigenvalue weighted by Crippen LogP contribution is -2.21. The van der Waals surface area contributed by atoms with E-state index in [0.29, 0.717) is 12.0 Å². The van der Waals surface area contributed by atoms with E-state index in [1.807, 2.05) is 26.6 Å². The second-order valence-corrected chi connectivity index (χ2v) is 5.37. The van der Waals surface area contributed by atoms with Crippen molar-refractivity contribution >= 4 is 0 Å². The first-order valence-corrected chi connectivity index (χ1v) is 6.84. The first kappa shape index (κ1) is 13.8. The van der Waals surface area contributed by atoms with Crippen LogP contribution in [0.4, 0.5) is 0 Å². The molecule has 0 aliphatic rings. The third-order valence-corrected chi connectivity index (χ3v) is 3.65. The summed E-state index contributed by atoms with van der Waals surface area (Å²) in [6.45, 7) is 4.45. The Morgan fingerprint density at radius 2 is 1.89 bits per heavy atom. The number of nitrogens with one attached hydrogen (secondary N) is 1. The number of benzene rings is 1. The minimum Gasteiger partial charge on any atom is -0.336 e. The summed E-state index contributed by atoms with van der Waals surface area (Å²) < 4.78 is 2.07. The van der Waals surface area contributed by atoms with Crippen LogP contribution in [-0.2, 0) is 13.5 Å². The first-order chi connectivity index (χ1) is 9.11. The summed E-state index contributed by atoms with van der Waals surface area (Å²) in [6.07, 6.45) is 4.76. The molecular weight excluding hydrogens is 234 g/mol. The van der Waals surface area contributed by atoms with Crippen molar-refractivity contribution in [2.45, 2.75) is 32.2 Å². The Labute approximate surface area is 115 Å². The van der Waals surface area contributed by atoms with Gasteiger partial charge in [0, 0.05) is 13.2 Å². The molecular formula is C16H23N3. The van der Waals surface area contributed by atoms with E-state index in [1.54, 1.807) is 0 Å². The number of aryl methyl sites for hydroxylation is 1. The Balaban J connectivity index is 2.13. The lowest BCUT2D eigenvalue weighted by molar-refractivity contribution is 0.555. The lowest BCUT2D eigenvalue weighted by atomic mass is 9.98. The van der Waals surface area contributed by atoms with Crippen LogP contribution in [0.5, 0.6) is 0 Å². The van der Waals surface area contributed by atoms with Crippen LogP contribution in [0.15, 0.2) is 36.8 Å². The van der Waals surface area contributed by atoms with E-state index in [-0.39, 0.29) is 0 Å². The van der Waals surface area contributed by atoms with Gasteiger partial charge in [0.15, 0.2) is 0 Å². The smallest absolute Gasteiger partial charge is 0.0946 e. The van der Waals surface area contributed by atoms with Gasteiger partial charge in [-0.3, -0.25) is 0 Å². The first-order valence-electron chi connectivity index (χ1n) is 6.84. The number of likely N-dealkylation sites (N-methyl/N-ethyl adjacent to an activating group) is 1. The number of hydrogen-bond donors (Lipinski definition) is 1. The Morgan fingerprint density at radius 3 is 2.37 bits per heavy atom. The molecule has 1 heterocycles. The third-order valence-electron chi connectivity index (χ3n) is 3.65. The van der Waals surface area contributed by atoms with E-state index in [4.69, 9.17) is 0 Å². The zero-order valence-electron chi connectivity index (χ0n) is 12.2. The minimum absolute atomic E-state index is 0.303. The molecule has 3 nitrogen and oxygen atoms in total. The van der Waals surface area contributed by atoms with E-state index >= 15 is 0 Å². The van der Waals surface area contributed by atoms with E-state index in [9.17, 15) is 0 Å². The van der Waals surface area contributed by atoms with Crippen molar-refractivity contribution in [3.8, 4) is 0 Å². The van der Waals surface area contributed by atoms with Crippen LogP contribution in [0.3, 0.4) is 0 Å². The molecule has 1 aromatic heterocycles. The topological polar surface area (TPSA) is 29.9 Å². The van der Waals surface area contributed by atoms with E-state index in [1.165, 1.54) is 16.8 Å². The highest BCUT2D eigenvalue weighted by molar-refractivity contribution is 5.26. The Morgan fingerprint density at radius 1 is 1.21 bits per heavy atom. The summed E-state index contributed by atoms with van der Waals surface area (Å²) in [6, 6.07) is 9.23. The van der Waals surface area contributed by atoms with Gasteiger partial charge in [-0.1, -0.05) is 38.1 Å². The van der Waals surface area contributed by atoms with Crippen molar-refractivity contribution in [1.29, 1.82) is 0 Å². The molecule has 0 radical (unpaired) electrons. The summed E-state index contributed by atoms with van der Waals surface area (Å²) in [5.74, 6) is 0.589. The number of rotatable bonds is 5. The summed E-state index contributed by atoms with van der Waals surface area (Å²) in [5.41, 5.74) is 3.96. The van der Waals surface area contributed by atoms with Crippen LogP contribution in [0.2, 0.25) is 0 Å². The predicted octanol–water partition coefficient (Wildman–Crippen LogP) is 3.05. The normalized spacial score (nSPS) is 12.9. The van der Waals surface area contributed by atoms with Gasteiger partial charge in [0.1, 0.15) is 0 Å². The summed E-state index contributed by atoms with van der Waals surface area (Å²) in [7, 11) is 4.04. The molecule has 2 aromatic rings. The van der Waals surface area contributed by atoms with Gasteiger partial charge >= 0.3 is 0 Å². The molecule has 0 aliphatic carbocycles. The molecule has 102 valence electrons. The maximum absolute atomic E-state index is 4.19. The van der Waals surface area contributed by atoms with Crippen molar-refractivity contribution in [2.75, 3.05) is 7.05 Å². The van der Waals surface area contributed by atoms with Gasteiger partial charge < -0.3 is 9.88 Å². The zero-order valence-corrected chi connectivity index (χ0v) is 12.2. The molecule has 0 saturated heterocycles. The van der Waals surface area contributed by atoms with Gasteiger partial charge in [0.2, 0.25) is 0 Å². The largest absolute Gasteiger partial charge is 0.336 e. The van der Waals surface area contributed by atoms with Crippen molar-refractivity contribution in [3.63, 3.8) is 0 Å². The van der Waals surface area contributed by atoms with E-state index < -0.39 is 0 Å². The van der Waals surface area contributed by atoms with Crippen LogP contribution in [0.25, 0.3) is 0 Å². The third kappa shape index (κ3) is 3.24. The van der Waals surface area contributed by atoms with E-state index in [0.717, 1.165) is 6.42 Å². The SMILES string of the molecule is CNC(Cc1ccc(C(C)C)cc1)c1cncn1C. The summed E-state index contributed by atoms with van der Waals surface area (Å²) >= 11 is 0. The maximum Gasteiger partial charge on any atom is 0.0946 e. The van der Waals surface area contributed by atoms with Crippen LogP contribution >= 0.6 is 0 Å². The predicted molar refractivity (Wildman–Crippen MR) is 79.2 cm³/mol. The highest BCUT2D eigenvalue weighted by Crippen LogP contribution is 2.20. The average Bonchev–Trinajstić information content (AvgIpc) is 2.83. The average molecular weight is 257 g/mol. The van der Waals surface area contributed by atoms with Crippen LogP contribution in [-0.4, -0.2) is 16.6 Å². The molecule has 3 heteroatoms. The molecule has 1 aromatic carbocycles. The second-order valence-electron chi connectivity index (χ2n) is 5.37. The second kappa shape index (κ2) is 6.02. The molecule has 1 N–H and O–H groups in total. The quantitative estimate of drug-likeness (QED) is 0.892. The van der Waals surface area contributed by atoms with Crippen LogP contribution in [0.1, 0.15) is 42.6 Å². The van der Waals surface area contributed by atoms with Crippen molar-refractivity contribution in [2.24, 2.45) is 7.05 Å². The minimum atomic E-state index is 0.303. The molecule has 19 heavy (non-hydrogen) atoms. The molecule has 0 aliphatic heterocycles. The van der Waals surface area contributed by atoms with Gasteiger partial charge in [-0.25, -0.2) is 4.98 Å². The number of imidazole rings is 1. The van der Waals surface area contributed by atoms with Gasteiger partial charge in [0.25, 0.3) is 0 Å². The van der Waals surface area contributed by atoms with Gasteiger partial charge in [-0.05, 0) is 30.5 Å². The lowest BCUT2D eigenvalue weighted by Gasteiger charge is -2.17. The Kier molecular flexibility index (Phi) is 4.38. The molecule has 0 bridgehead atoms. The zero-order chi connectivity index (χ0) is 13.8. The molecule has 1 atom stereocenters. The van der Waals surface area contributed by atoms with Crippen LogP contribution in [0, 0.1) is 0 Å². The molecule has 0 saturated carbocycles. The number of aromatic nitrogens is 2. The monoisotopic (exact) mass is 257 g/mol. The molecule has 0 spiro atoms. The number of nitrogens with zero attached hydrogens (tertiary/aromatic N) is 2. The van der Waals surface area contributed by atoms with E-state index in [2.05, 4.69) is 53.0 Å². The Bertz CT molecular complexity index is 511. The molecule has 1 unspecified atom stereocenters. The van der Waals surface area contributed by atoms with Gasteiger partial charge in [-0.15, -0.1) is 0 Å². The standard InChI is InChI=1S/C16H23N3/c1-12(2)14-7-5-13(6-8-14)9-15(17-3)16-10-18-11-19(16)4/h5-8,10-12,15,17H,9H2,1-4H3. The molecule has 2 rings (SSSR count). The van der Waals surface area contributed by atoms with Crippen molar-refractivity contribution < 1.29 is 0 Å². The number of hydrogen-bond acceptors (Lipinski definition) is 2.